The molecule has 4 aromatic rings. The summed E-state index contributed by atoms with van der Waals surface area (Å²) in [5.41, 5.74) is 13.5. The molecule has 0 aliphatic rings. The van der Waals surface area contributed by atoms with Gasteiger partial charge in [-0.3, -0.25) is 4.79 Å². The number of carbonyl (C=O) groups excluding carboxylic acids is 1. The molecule has 0 aliphatic heterocycles. The fourth-order valence-corrected chi connectivity index (χ4v) is 6.18. The van der Waals surface area contributed by atoms with E-state index in [4.69, 9.17) is 16.2 Å². The van der Waals surface area contributed by atoms with Gasteiger partial charge in [-0.2, -0.15) is 14.3 Å². The summed E-state index contributed by atoms with van der Waals surface area (Å²) in [7, 11) is -2.53. The number of nitrogens with zero attached hydrogens (tertiary/aromatic N) is 5. The lowest BCUT2D eigenvalue weighted by molar-refractivity contribution is -0.123. The van der Waals surface area contributed by atoms with Crippen LogP contribution in [0, 0.1) is 5.92 Å². The number of nitrogen functional groups attached to an aromatic ring is 2. The van der Waals surface area contributed by atoms with E-state index in [1.54, 1.807) is 0 Å². The fourth-order valence-electron chi connectivity index (χ4n) is 4.55. The maximum Gasteiger partial charge on any atom is 0.246 e. The Morgan fingerprint density at radius 1 is 1.07 bits per heavy atom. The van der Waals surface area contributed by atoms with Gasteiger partial charge in [0.2, 0.25) is 27.8 Å². The smallest absolute Gasteiger partial charge is 0.246 e. The third kappa shape index (κ3) is 7.32. The monoisotopic (exact) mass is 596 g/mol. The lowest BCUT2D eigenvalue weighted by Crippen LogP contribution is -2.51. The summed E-state index contributed by atoms with van der Waals surface area (Å²) < 4.78 is 35.1. The molecular formula is C28H36N8O5S. The summed E-state index contributed by atoms with van der Waals surface area (Å²) in [6.07, 6.45) is 0.445. The van der Waals surface area contributed by atoms with E-state index in [2.05, 4.69) is 20.3 Å². The highest BCUT2D eigenvalue weighted by Crippen LogP contribution is 2.22. The number of aliphatic hydroxyl groups excluding tert-OH is 1. The number of nitrogens with one attached hydrogen (secondary N) is 1. The number of sulfonamides is 1. The predicted octanol–water partition coefficient (Wildman–Crippen LogP) is 1.43. The number of hydrogen-bond donors (Lipinski definition) is 4. The van der Waals surface area contributed by atoms with Crippen LogP contribution in [0.3, 0.4) is 0 Å². The third-order valence-corrected chi connectivity index (χ3v) is 8.39. The third-order valence-electron chi connectivity index (χ3n) is 6.54. The Bertz CT molecular complexity index is 1610. The van der Waals surface area contributed by atoms with Crippen LogP contribution in [0.1, 0.15) is 19.4 Å². The van der Waals surface area contributed by atoms with Gasteiger partial charge in [0.15, 0.2) is 11.2 Å². The van der Waals surface area contributed by atoms with Crippen LogP contribution >= 0.6 is 0 Å². The van der Waals surface area contributed by atoms with Crippen LogP contribution in [0.5, 0.6) is 5.88 Å². The average Bonchev–Trinajstić information content (AvgIpc) is 3.34. The predicted molar refractivity (Wildman–Crippen MR) is 159 cm³/mol. The lowest BCUT2D eigenvalue weighted by atomic mass is 10.0. The maximum atomic E-state index is 13.6. The van der Waals surface area contributed by atoms with Crippen molar-refractivity contribution in [1.82, 2.24) is 29.1 Å². The largest absolute Gasteiger partial charge is 0.479 e. The van der Waals surface area contributed by atoms with Crippen LogP contribution < -0.4 is 21.5 Å². The Morgan fingerprint density at radius 3 is 2.40 bits per heavy atom. The standard InChI is InChI=1S/C28H36N8O5S/c1-18(2)14-36(42(39,40)21-11-9-20(29)10-12-21)15-23(37)22(13-19-7-5-4-6-8-19)32-24(38)16-35-17-31-25-26(35)33-28(30)34-27(25)41-3/h4-12,17-18,22-23,37H,13-16,29H2,1-3H3,(H,32,38)(H2,30,33,34)/t22-,23+/m0/s1. The number of carbonyl (C=O) groups is 1. The van der Waals surface area contributed by atoms with Crippen molar-refractivity contribution in [3.05, 3.63) is 66.5 Å². The van der Waals surface area contributed by atoms with Crippen molar-refractivity contribution >= 4 is 38.7 Å². The average molecular weight is 597 g/mol. The van der Waals surface area contributed by atoms with Crippen molar-refractivity contribution in [2.75, 3.05) is 31.7 Å². The summed E-state index contributed by atoms with van der Waals surface area (Å²) in [4.78, 5) is 25.8. The Labute approximate surface area is 244 Å². The number of amides is 1. The molecule has 0 fully saturated rings. The molecule has 0 aliphatic carbocycles. The molecule has 2 atom stereocenters. The molecule has 1 amide bonds. The van der Waals surface area contributed by atoms with Gasteiger partial charge in [-0.05, 0) is 42.2 Å². The summed E-state index contributed by atoms with van der Waals surface area (Å²) >= 11 is 0. The van der Waals surface area contributed by atoms with Gasteiger partial charge in [0.1, 0.15) is 6.54 Å². The molecule has 14 heteroatoms. The summed E-state index contributed by atoms with van der Waals surface area (Å²) in [6.45, 7) is 3.52. The number of nitrogens with two attached hydrogens (primary N) is 2. The molecule has 224 valence electrons. The molecule has 0 unspecified atom stereocenters. The number of fused-ring (bicyclic) bond motifs is 1. The number of hydrogen-bond acceptors (Lipinski definition) is 10. The molecule has 0 radical (unpaired) electrons. The van der Waals surface area contributed by atoms with Crippen molar-refractivity contribution in [3.8, 4) is 5.88 Å². The Morgan fingerprint density at radius 2 is 1.76 bits per heavy atom. The topological polar surface area (TPSA) is 192 Å². The van der Waals surface area contributed by atoms with Crippen LogP contribution in [0.25, 0.3) is 11.2 Å². The molecule has 2 aromatic heterocycles. The molecule has 42 heavy (non-hydrogen) atoms. The van der Waals surface area contributed by atoms with Gasteiger partial charge in [0.05, 0.1) is 30.5 Å². The van der Waals surface area contributed by atoms with E-state index in [1.165, 1.54) is 46.6 Å². The molecule has 0 saturated carbocycles. The Kier molecular flexibility index (Phi) is 9.60. The number of aromatic nitrogens is 4. The highest BCUT2D eigenvalue weighted by Gasteiger charge is 2.31. The quantitative estimate of drug-likeness (QED) is 0.164. The van der Waals surface area contributed by atoms with Crippen molar-refractivity contribution in [2.24, 2.45) is 5.92 Å². The van der Waals surface area contributed by atoms with E-state index in [-0.39, 0.29) is 48.7 Å². The molecule has 2 heterocycles. The zero-order valence-electron chi connectivity index (χ0n) is 23.7. The van der Waals surface area contributed by atoms with E-state index >= 15 is 0 Å². The highest BCUT2D eigenvalue weighted by molar-refractivity contribution is 7.89. The maximum absolute atomic E-state index is 13.6. The fraction of sp³-hybridized carbons (Fsp3) is 0.357. The first-order chi connectivity index (χ1) is 20.0. The van der Waals surface area contributed by atoms with Crippen molar-refractivity contribution < 1.29 is 23.1 Å². The van der Waals surface area contributed by atoms with Gasteiger partial charge in [0.25, 0.3) is 0 Å². The number of rotatable bonds is 13. The first-order valence-electron chi connectivity index (χ1n) is 13.4. The zero-order chi connectivity index (χ0) is 30.4. The first kappa shape index (κ1) is 30.7. The van der Waals surface area contributed by atoms with Crippen LogP contribution in [-0.4, -0.2) is 75.6 Å². The van der Waals surface area contributed by atoms with Crippen LogP contribution in [0.15, 0.2) is 65.8 Å². The molecule has 0 bridgehead atoms. The summed E-state index contributed by atoms with van der Waals surface area (Å²) in [6, 6.07) is 14.4. The van der Waals surface area contributed by atoms with E-state index in [0.717, 1.165) is 5.56 Å². The molecule has 13 nitrogen and oxygen atoms in total. The first-order valence-corrected chi connectivity index (χ1v) is 14.8. The van der Waals surface area contributed by atoms with Gasteiger partial charge in [-0.1, -0.05) is 44.2 Å². The highest BCUT2D eigenvalue weighted by atomic mass is 32.2. The van der Waals surface area contributed by atoms with Crippen molar-refractivity contribution in [1.29, 1.82) is 0 Å². The van der Waals surface area contributed by atoms with Crippen LogP contribution in [0.4, 0.5) is 11.6 Å². The Hall–Kier alpha value is -4.27. The number of methoxy groups -OCH3 is 1. The molecule has 0 saturated heterocycles. The minimum absolute atomic E-state index is 0.0242. The molecule has 6 N–H and O–H groups in total. The minimum atomic E-state index is -3.96. The van der Waals surface area contributed by atoms with Crippen molar-refractivity contribution in [3.63, 3.8) is 0 Å². The minimum Gasteiger partial charge on any atom is -0.479 e. The van der Waals surface area contributed by atoms with Gasteiger partial charge in [0, 0.05) is 18.8 Å². The zero-order valence-corrected chi connectivity index (χ0v) is 24.5. The molecule has 4 rings (SSSR count). The van der Waals surface area contributed by atoms with Crippen LogP contribution in [-0.2, 0) is 27.8 Å². The molecule has 2 aromatic carbocycles. The number of aliphatic hydroxyl groups is 1. The van der Waals surface area contributed by atoms with Gasteiger partial charge in [-0.15, -0.1) is 0 Å². The molecular weight excluding hydrogens is 560 g/mol. The van der Waals surface area contributed by atoms with E-state index in [9.17, 15) is 18.3 Å². The van der Waals surface area contributed by atoms with E-state index in [0.29, 0.717) is 16.9 Å². The van der Waals surface area contributed by atoms with Gasteiger partial charge in [-0.25, -0.2) is 13.4 Å². The second kappa shape index (κ2) is 13.1. The van der Waals surface area contributed by atoms with Crippen molar-refractivity contribution in [2.45, 2.75) is 43.9 Å². The van der Waals surface area contributed by atoms with Crippen LogP contribution in [0.2, 0.25) is 0 Å². The van der Waals surface area contributed by atoms with E-state index < -0.39 is 28.1 Å². The van der Waals surface area contributed by atoms with Gasteiger partial charge < -0.3 is 31.2 Å². The second-order valence-electron chi connectivity index (χ2n) is 10.4. The number of anilines is 2. The number of imidazole rings is 1. The second-order valence-corrected chi connectivity index (χ2v) is 12.3. The summed E-state index contributed by atoms with van der Waals surface area (Å²) in [5.74, 6) is -0.320. The summed E-state index contributed by atoms with van der Waals surface area (Å²) in [5, 5.41) is 14.3. The number of ether oxygens (including phenoxy) is 1. The molecule has 0 spiro atoms. The van der Waals surface area contributed by atoms with Gasteiger partial charge >= 0.3 is 0 Å². The SMILES string of the molecule is COc1nc(N)nc2c1ncn2CC(=O)N[C@@H](Cc1ccccc1)[C@H](O)CN(CC(C)C)S(=O)(=O)c1ccc(N)cc1. The number of benzene rings is 2. The lowest BCUT2D eigenvalue weighted by Gasteiger charge is -2.31. The van der Waals surface area contributed by atoms with E-state index in [1.807, 2.05) is 44.2 Å². The normalized spacial score (nSPS) is 13.4. The Balaban J connectivity index is 1.58.